The van der Waals surface area contributed by atoms with E-state index < -0.39 is 0 Å². The molecule has 8 heteroatoms. The van der Waals surface area contributed by atoms with E-state index in [9.17, 15) is 4.79 Å². The van der Waals surface area contributed by atoms with Gasteiger partial charge in [0.05, 0.1) is 17.3 Å². The van der Waals surface area contributed by atoms with Crippen molar-refractivity contribution in [1.29, 1.82) is 0 Å². The largest absolute Gasteiger partial charge is 0.356 e. The van der Waals surface area contributed by atoms with E-state index in [4.69, 9.17) is 0 Å². The molecule has 6 rings (SSSR count). The van der Waals surface area contributed by atoms with E-state index in [0.717, 1.165) is 58.4 Å². The molecule has 1 aliphatic rings. The number of piperidine rings is 1. The number of nitrogens with zero attached hydrogens (tertiary/aromatic N) is 5. The number of thiazole rings is 1. The molecule has 1 aliphatic heterocycles. The van der Waals surface area contributed by atoms with Crippen LogP contribution in [0.15, 0.2) is 84.8 Å². The fourth-order valence-electron chi connectivity index (χ4n) is 4.52. The Labute approximate surface area is 207 Å². The molecule has 0 spiro atoms. The van der Waals surface area contributed by atoms with Gasteiger partial charge >= 0.3 is 0 Å². The monoisotopic (exact) mass is 480 g/mol. The van der Waals surface area contributed by atoms with Crippen molar-refractivity contribution >= 4 is 33.7 Å². The predicted molar refractivity (Wildman–Crippen MR) is 140 cm³/mol. The summed E-state index contributed by atoms with van der Waals surface area (Å²) in [5.41, 5.74) is 4.70. The molecule has 1 atom stereocenters. The van der Waals surface area contributed by atoms with Crippen LogP contribution in [0.4, 0.5) is 11.5 Å². The lowest BCUT2D eigenvalue weighted by Crippen LogP contribution is -2.41. The lowest BCUT2D eigenvalue weighted by atomic mass is 9.97. The quantitative estimate of drug-likeness (QED) is 0.366. The molecule has 5 aromatic rings. The highest BCUT2D eigenvalue weighted by Crippen LogP contribution is 2.27. The molecule has 35 heavy (non-hydrogen) atoms. The van der Waals surface area contributed by atoms with Crippen molar-refractivity contribution in [2.45, 2.75) is 12.8 Å². The number of anilines is 2. The second-order valence-corrected chi connectivity index (χ2v) is 9.57. The first-order valence-corrected chi connectivity index (χ1v) is 12.6. The Hall–Kier alpha value is -4.04. The number of carbonyl (C=O) groups is 1. The number of aromatic nitrogens is 4. The van der Waals surface area contributed by atoms with Gasteiger partial charge in [-0.2, -0.15) is 0 Å². The number of benzene rings is 2. The number of imidazole rings is 1. The Bertz CT molecular complexity index is 1430. The lowest BCUT2D eigenvalue weighted by molar-refractivity contribution is -0.120. The number of rotatable bonds is 5. The van der Waals surface area contributed by atoms with E-state index in [1.165, 1.54) is 0 Å². The molecule has 7 nitrogen and oxygen atoms in total. The molecule has 0 aliphatic carbocycles. The fourth-order valence-corrected chi connectivity index (χ4v) is 5.22. The van der Waals surface area contributed by atoms with Crippen LogP contribution < -0.4 is 10.2 Å². The van der Waals surface area contributed by atoms with Gasteiger partial charge in [0.15, 0.2) is 4.96 Å². The standard InChI is InChI=1S/C27H24N6OS/c34-26(30-22-10-8-20(9-11-22)24-17-33-13-14-35-27(33)31-24)21-7-4-12-32(16-21)25-15-23(28-18-29-25)19-5-2-1-3-6-19/h1-3,5-6,8-11,13-15,17-18,21H,4,7,12,16H2,(H,30,34). The van der Waals surface area contributed by atoms with Crippen LogP contribution >= 0.6 is 11.3 Å². The van der Waals surface area contributed by atoms with Crippen LogP contribution in [0, 0.1) is 5.92 Å². The smallest absolute Gasteiger partial charge is 0.229 e. The Kier molecular flexibility index (Phi) is 5.71. The van der Waals surface area contributed by atoms with Crippen molar-refractivity contribution < 1.29 is 4.79 Å². The highest BCUT2D eigenvalue weighted by molar-refractivity contribution is 7.15. The van der Waals surface area contributed by atoms with E-state index in [-0.39, 0.29) is 11.8 Å². The molecular weight excluding hydrogens is 456 g/mol. The summed E-state index contributed by atoms with van der Waals surface area (Å²) < 4.78 is 2.02. The van der Waals surface area contributed by atoms with E-state index in [1.807, 2.05) is 82.8 Å². The summed E-state index contributed by atoms with van der Waals surface area (Å²) in [6, 6.07) is 20.0. The van der Waals surface area contributed by atoms with Crippen LogP contribution in [0.2, 0.25) is 0 Å². The van der Waals surface area contributed by atoms with Crippen LogP contribution in [-0.4, -0.2) is 38.3 Å². The van der Waals surface area contributed by atoms with E-state index in [0.29, 0.717) is 6.54 Å². The summed E-state index contributed by atoms with van der Waals surface area (Å²) in [5.74, 6) is 0.807. The molecule has 174 valence electrons. The molecule has 1 unspecified atom stereocenters. The van der Waals surface area contributed by atoms with Crippen molar-refractivity contribution in [3.63, 3.8) is 0 Å². The zero-order valence-electron chi connectivity index (χ0n) is 19.0. The summed E-state index contributed by atoms with van der Waals surface area (Å²) in [6.45, 7) is 1.52. The normalized spacial score (nSPS) is 15.9. The lowest BCUT2D eigenvalue weighted by Gasteiger charge is -2.33. The third-order valence-corrected chi connectivity index (χ3v) is 7.15. The highest BCUT2D eigenvalue weighted by Gasteiger charge is 2.27. The first-order chi connectivity index (χ1) is 17.2. The minimum atomic E-state index is -0.0986. The van der Waals surface area contributed by atoms with E-state index in [2.05, 4.69) is 25.2 Å². The highest BCUT2D eigenvalue weighted by atomic mass is 32.1. The number of hydrogen-bond acceptors (Lipinski definition) is 6. The van der Waals surface area contributed by atoms with Gasteiger partial charge in [0.1, 0.15) is 12.1 Å². The maximum atomic E-state index is 13.1. The number of carbonyl (C=O) groups excluding carboxylic acids is 1. The van der Waals surface area contributed by atoms with Crippen molar-refractivity contribution in [3.05, 3.63) is 84.8 Å². The van der Waals surface area contributed by atoms with Crippen molar-refractivity contribution in [2.24, 2.45) is 5.92 Å². The van der Waals surface area contributed by atoms with Gasteiger partial charge in [0.25, 0.3) is 0 Å². The molecule has 1 N–H and O–H groups in total. The predicted octanol–water partition coefficient (Wildman–Crippen LogP) is 5.37. The topological polar surface area (TPSA) is 75.4 Å². The molecule has 2 aromatic carbocycles. The minimum absolute atomic E-state index is 0.0438. The Balaban J connectivity index is 1.12. The SMILES string of the molecule is O=C(Nc1ccc(-c2cn3ccsc3n2)cc1)C1CCCN(c2cc(-c3ccccc3)ncn2)C1. The average Bonchev–Trinajstić information content (AvgIpc) is 3.53. The minimum Gasteiger partial charge on any atom is -0.356 e. The Morgan fingerprint density at radius 1 is 1.00 bits per heavy atom. The molecular formula is C27H24N6OS. The maximum absolute atomic E-state index is 13.1. The van der Waals surface area contributed by atoms with Gasteiger partial charge in [0.2, 0.25) is 5.91 Å². The second-order valence-electron chi connectivity index (χ2n) is 8.70. The number of fused-ring (bicyclic) bond motifs is 1. The molecule has 0 bridgehead atoms. The fraction of sp³-hybridized carbons (Fsp3) is 0.185. The van der Waals surface area contributed by atoms with Crippen molar-refractivity contribution in [3.8, 4) is 22.5 Å². The van der Waals surface area contributed by atoms with Crippen LogP contribution in [0.5, 0.6) is 0 Å². The van der Waals surface area contributed by atoms with Crippen molar-refractivity contribution in [1.82, 2.24) is 19.4 Å². The van der Waals surface area contributed by atoms with Crippen LogP contribution in [0.1, 0.15) is 12.8 Å². The number of nitrogens with one attached hydrogen (secondary N) is 1. The van der Waals surface area contributed by atoms with E-state index >= 15 is 0 Å². The summed E-state index contributed by atoms with van der Waals surface area (Å²) in [6.07, 6.45) is 7.43. The average molecular weight is 481 g/mol. The molecule has 0 radical (unpaired) electrons. The van der Waals surface area contributed by atoms with Gasteiger partial charge in [-0.15, -0.1) is 11.3 Å². The Morgan fingerprint density at radius 3 is 2.66 bits per heavy atom. The van der Waals surface area contributed by atoms with Gasteiger partial charge in [-0.25, -0.2) is 15.0 Å². The summed E-state index contributed by atoms with van der Waals surface area (Å²) in [5, 5.41) is 5.12. The van der Waals surface area contributed by atoms with Gasteiger partial charge in [-0.05, 0) is 25.0 Å². The maximum Gasteiger partial charge on any atom is 0.229 e. The number of hydrogen-bond donors (Lipinski definition) is 1. The van der Waals surface area contributed by atoms with E-state index in [1.54, 1.807) is 17.7 Å². The molecule has 4 heterocycles. The second kappa shape index (κ2) is 9.31. The van der Waals surface area contributed by atoms with Crippen LogP contribution in [-0.2, 0) is 4.79 Å². The Morgan fingerprint density at radius 2 is 1.83 bits per heavy atom. The summed E-state index contributed by atoms with van der Waals surface area (Å²) in [7, 11) is 0. The summed E-state index contributed by atoms with van der Waals surface area (Å²) in [4.78, 5) is 29.8. The van der Waals surface area contributed by atoms with Gasteiger partial charge < -0.3 is 10.2 Å². The molecule has 3 aromatic heterocycles. The zero-order valence-corrected chi connectivity index (χ0v) is 19.9. The third-order valence-electron chi connectivity index (χ3n) is 6.38. The molecule has 0 saturated carbocycles. The number of amides is 1. The zero-order chi connectivity index (χ0) is 23.6. The molecule has 1 amide bonds. The van der Waals surface area contributed by atoms with Crippen LogP contribution in [0.25, 0.3) is 27.5 Å². The van der Waals surface area contributed by atoms with Gasteiger partial charge in [-0.3, -0.25) is 9.20 Å². The molecule has 1 saturated heterocycles. The van der Waals surface area contributed by atoms with Gasteiger partial charge in [0, 0.05) is 53.7 Å². The first kappa shape index (κ1) is 21.5. The van der Waals surface area contributed by atoms with Gasteiger partial charge in [-0.1, -0.05) is 42.5 Å². The summed E-state index contributed by atoms with van der Waals surface area (Å²) >= 11 is 1.61. The molecule has 1 fully saturated rings. The van der Waals surface area contributed by atoms with Crippen LogP contribution in [0.3, 0.4) is 0 Å². The first-order valence-electron chi connectivity index (χ1n) is 11.7. The van der Waals surface area contributed by atoms with Crippen molar-refractivity contribution in [2.75, 3.05) is 23.3 Å². The third kappa shape index (κ3) is 4.52.